The minimum Gasteiger partial charge on any atom is -0.497 e. The smallest absolute Gasteiger partial charge is 0.203 e. The van der Waals surface area contributed by atoms with Crippen LogP contribution < -0.4 is 24.7 Å². The van der Waals surface area contributed by atoms with Crippen LogP contribution in [0.25, 0.3) is 11.1 Å². The summed E-state index contributed by atoms with van der Waals surface area (Å²) in [6.45, 7) is 0. The zero-order valence-electron chi connectivity index (χ0n) is 14.9. The number of hydrogen-bond donors (Lipinski definition) is 1. The molecule has 0 fully saturated rings. The Kier molecular flexibility index (Phi) is 6.03. The van der Waals surface area contributed by atoms with Crippen LogP contribution in [0.4, 0.5) is 0 Å². The van der Waals surface area contributed by atoms with Gasteiger partial charge in [-0.1, -0.05) is 6.07 Å². The second-order valence-electron chi connectivity index (χ2n) is 5.78. The van der Waals surface area contributed by atoms with Gasteiger partial charge in [0.15, 0.2) is 11.5 Å². The van der Waals surface area contributed by atoms with Gasteiger partial charge in [0, 0.05) is 11.6 Å². The molecule has 2 N–H and O–H groups in total. The Morgan fingerprint density at radius 2 is 1.64 bits per heavy atom. The fourth-order valence-electron chi connectivity index (χ4n) is 3.37. The maximum absolute atomic E-state index is 6.42. The first-order valence-corrected chi connectivity index (χ1v) is 7.90. The zero-order chi connectivity index (χ0) is 17.3. The lowest BCUT2D eigenvalue weighted by molar-refractivity contribution is 0.324. The van der Waals surface area contributed by atoms with E-state index in [1.54, 1.807) is 28.4 Å². The lowest BCUT2D eigenvalue weighted by Crippen LogP contribution is -2.10. The number of aryl methyl sites for hydroxylation is 1. The molecule has 1 unspecified atom stereocenters. The van der Waals surface area contributed by atoms with Crippen LogP contribution in [0.1, 0.15) is 23.6 Å². The van der Waals surface area contributed by atoms with E-state index in [-0.39, 0.29) is 18.4 Å². The van der Waals surface area contributed by atoms with Crippen molar-refractivity contribution in [2.75, 3.05) is 28.4 Å². The minimum atomic E-state index is -0.0656. The summed E-state index contributed by atoms with van der Waals surface area (Å²) < 4.78 is 22.1. The highest BCUT2D eigenvalue weighted by molar-refractivity contribution is 5.85. The highest BCUT2D eigenvalue weighted by Gasteiger charge is 2.27. The van der Waals surface area contributed by atoms with Gasteiger partial charge in [-0.2, -0.15) is 0 Å². The lowest BCUT2D eigenvalue weighted by atomic mass is 9.94. The summed E-state index contributed by atoms with van der Waals surface area (Å²) in [6.07, 6.45) is 1.68. The average Bonchev–Trinajstić information content (AvgIpc) is 2.76. The lowest BCUT2D eigenvalue weighted by Gasteiger charge is -2.20. The van der Waals surface area contributed by atoms with E-state index in [1.165, 1.54) is 0 Å². The molecular formula is C19H24ClNO4. The second-order valence-corrected chi connectivity index (χ2v) is 5.78. The quantitative estimate of drug-likeness (QED) is 0.893. The maximum Gasteiger partial charge on any atom is 0.203 e. The Labute approximate surface area is 154 Å². The number of ether oxygens (including phenoxy) is 4. The summed E-state index contributed by atoms with van der Waals surface area (Å²) in [5.74, 6) is 2.73. The Morgan fingerprint density at radius 1 is 0.920 bits per heavy atom. The van der Waals surface area contributed by atoms with Crippen molar-refractivity contribution >= 4 is 12.4 Å². The van der Waals surface area contributed by atoms with Crippen molar-refractivity contribution in [1.29, 1.82) is 0 Å². The van der Waals surface area contributed by atoms with Crippen molar-refractivity contribution in [3.63, 3.8) is 0 Å². The van der Waals surface area contributed by atoms with Crippen molar-refractivity contribution in [3.05, 3.63) is 35.4 Å². The highest BCUT2D eigenvalue weighted by atomic mass is 35.5. The summed E-state index contributed by atoms with van der Waals surface area (Å²) in [7, 11) is 6.55. The maximum atomic E-state index is 6.42. The van der Waals surface area contributed by atoms with E-state index in [0.717, 1.165) is 40.8 Å². The molecule has 6 heteroatoms. The SMILES string of the molecule is COc1ccc2c(c1)C(N)CCc1cc(OC)c(OC)c(OC)c1-2.Cl. The first-order chi connectivity index (χ1) is 11.6. The molecule has 0 bridgehead atoms. The third-order valence-electron chi connectivity index (χ3n) is 4.56. The predicted octanol–water partition coefficient (Wildman–Crippen LogP) is 3.76. The molecule has 3 rings (SSSR count). The summed E-state index contributed by atoms with van der Waals surface area (Å²) in [5, 5.41) is 0. The molecular weight excluding hydrogens is 342 g/mol. The molecule has 5 nitrogen and oxygen atoms in total. The second kappa shape index (κ2) is 7.85. The molecule has 0 spiro atoms. The van der Waals surface area contributed by atoms with Crippen LogP contribution in [-0.2, 0) is 6.42 Å². The summed E-state index contributed by atoms with van der Waals surface area (Å²) in [4.78, 5) is 0. The van der Waals surface area contributed by atoms with Gasteiger partial charge in [-0.3, -0.25) is 0 Å². The molecule has 0 amide bonds. The van der Waals surface area contributed by atoms with Gasteiger partial charge in [0.25, 0.3) is 0 Å². The highest BCUT2D eigenvalue weighted by Crippen LogP contribution is 2.50. The van der Waals surface area contributed by atoms with Crippen LogP contribution in [0, 0.1) is 0 Å². The topological polar surface area (TPSA) is 62.9 Å². The Morgan fingerprint density at radius 3 is 2.24 bits per heavy atom. The molecule has 0 saturated carbocycles. The van der Waals surface area contributed by atoms with Gasteiger partial charge in [0.2, 0.25) is 5.75 Å². The third kappa shape index (κ3) is 3.22. The number of benzene rings is 2. The van der Waals surface area contributed by atoms with Crippen molar-refractivity contribution in [2.24, 2.45) is 5.73 Å². The van der Waals surface area contributed by atoms with E-state index in [1.807, 2.05) is 24.3 Å². The summed E-state index contributed by atoms with van der Waals surface area (Å²) in [6, 6.07) is 7.93. The minimum absolute atomic E-state index is 0. The Balaban J connectivity index is 0.00000225. The largest absolute Gasteiger partial charge is 0.497 e. The Hall–Kier alpha value is -2.11. The standard InChI is InChI=1S/C19H23NO4.ClH/c1-21-12-6-7-13-14(10-12)15(20)8-5-11-9-16(22-2)18(23-3)19(24-4)17(11)13;/h6-7,9-10,15H,5,8,20H2,1-4H3;1H. The van der Waals surface area contributed by atoms with Crippen molar-refractivity contribution in [1.82, 2.24) is 0 Å². The first kappa shape index (κ1) is 19.2. The monoisotopic (exact) mass is 365 g/mol. The van der Waals surface area contributed by atoms with Gasteiger partial charge >= 0.3 is 0 Å². The predicted molar refractivity (Wildman–Crippen MR) is 101 cm³/mol. The molecule has 0 saturated heterocycles. The fraction of sp³-hybridized carbons (Fsp3) is 0.368. The van der Waals surface area contributed by atoms with E-state index in [9.17, 15) is 0 Å². The van der Waals surface area contributed by atoms with E-state index in [4.69, 9.17) is 24.7 Å². The fourth-order valence-corrected chi connectivity index (χ4v) is 3.37. The van der Waals surface area contributed by atoms with Crippen molar-refractivity contribution in [2.45, 2.75) is 18.9 Å². The summed E-state index contributed by atoms with van der Waals surface area (Å²) in [5.41, 5.74) is 10.7. The van der Waals surface area contributed by atoms with Crippen molar-refractivity contribution in [3.8, 4) is 34.1 Å². The molecule has 25 heavy (non-hydrogen) atoms. The molecule has 2 aromatic rings. The van der Waals surface area contributed by atoms with Gasteiger partial charge in [-0.15, -0.1) is 12.4 Å². The molecule has 0 radical (unpaired) electrons. The van der Waals surface area contributed by atoms with E-state index in [2.05, 4.69) is 0 Å². The summed E-state index contributed by atoms with van der Waals surface area (Å²) >= 11 is 0. The van der Waals surface area contributed by atoms with Gasteiger partial charge < -0.3 is 24.7 Å². The molecule has 0 aromatic heterocycles. The van der Waals surface area contributed by atoms with Crippen LogP contribution in [0.15, 0.2) is 24.3 Å². The van der Waals surface area contributed by atoms with Gasteiger partial charge in [-0.05, 0) is 47.7 Å². The van der Waals surface area contributed by atoms with E-state index in [0.29, 0.717) is 17.2 Å². The molecule has 1 aliphatic rings. The molecule has 0 aliphatic heterocycles. The number of fused-ring (bicyclic) bond motifs is 3. The van der Waals surface area contributed by atoms with Crippen molar-refractivity contribution < 1.29 is 18.9 Å². The molecule has 2 aromatic carbocycles. The normalized spacial score (nSPS) is 15.2. The van der Waals surface area contributed by atoms with Gasteiger partial charge in [0.05, 0.1) is 28.4 Å². The zero-order valence-corrected chi connectivity index (χ0v) is 15.7. The van der Waals surface area contributed by atoms with Gasteiger partial charge in [0.1, 0.15) is 5.75 Å². The van der Waals surface area contributed by atoms with Crippen LogP contribution in [-0.4, -0.2) is 28.4 Å². The Bertz CT molecular complexity index is 764. The number of halogens is 1. The van der Waals surface area contributed by atoms with Crippen LogP contribution in [0.5, 0.6) is 23.0 Å². The van der Waals surface area contributed by atoms with E-state index < -0.39 is 0 Å². The van der Waals surface area contributed by atoms with Crippen LogP contribution in [0.3, 0.4) is 0 Å². The molecule has 1 aliphatic carbocycles. The first-order valence-electron chi connectivity index (χ1n) is 7.90. The number of hydrogen-bond acceptors (Lipinski definition) is 5. The van der Waals surface area contributed by atoms with Gasteiger partial charge in [-0.25, -0.2) is 0 Å². The third-order valence-corrected chi connectivity index (χ3v) is 4.56. The molecule has 1 atom stereocenters. The molecule has 0 heterocycles. The number of nitrogens with two attached hydrogens (primary N) is 1. The molecule has 136 valence electrons. The number of rotatable bonds is 4. The van der Waals surface area contributed by atoms with E-state index >= 15 is 0 Å². The number of methoxy groups -OCH3 is 4. The average molecular weight is 366 g/mol. The van der Waals surface area contributed by atoms with Crippen LogP contribution in [0.2, 0.25) is 0 Å². The van der Waals surface area contributed by atoms with Crippen LogP contribution >= 0.6 is 12.4 Å².